The van der Waals surface area contributed by atoms with Crippen molar-refractivity contribution < 1.29 is 27.2 Å². The average Bonchev–Trinajstić information content (AvgIpc) is 3.37. The van der Waals surface area contributed by atoms with Gasteiger partial charge in [0.1, 0.15) is 12.1 Å². The maximum absolute atomic E-state index is 14.1. The van der Waals surface area contributed by atoms with Gasteiger partial charge in [0.05, 0.1) is 11.5 Å². The van der Waals surface area contributed by atoms with Crippen molar-refractivity contribution in [2.75, 3.05) is 5.32 Å². The molecule has 2 aromatic heterocycles. The number of fused-ring (bicyclic) bond motifs is 2. The zero-order valence-electron chi connectivity index (χ0n) is 19.4. The molecule has 194 valence electrons. The van der Waals surface area contributed by atoms with Gasteiger partial charge in [0.25, 0.3) is 5.91 Å². The van der Waals surface area contributed by atoms with E-state index in [1.165, 1.54) is 29.0 Å². The lowest BCUT2D eigenvalue weighted by Gasteiger charge is -2.21. The van der Waals surface area contributed by atoms with Crippen molar-refractivity contribution in [3.8, 4) is 11.1 Å². The third kappa shape index (κ3) is 4.07. The summed E-state index contributed by atoms with van der Waals surface area (Å²) in [6, 6.07) is 9.38. The predicted octanol–water partition coefficient (Wildman–Crippen LogP) is 5.69. The lowest BCUT2D eigenvalue weighted by atomic mass is 9.92. The van der Waals surface area contributed by atoms with Gasteiger partial charge in [-0.3, -0.25) is 9.59 Å². The van der Waals surface area contributed by atoms with E-state index in [0.717, 1.165) is 0 Å². The Morgan fingerprint density at radius 3 is 2.68 bits per heavy atom. The number of nitrogens with one attached hydrogen (secondary N) is 2. The summed E-state index contributed by atoms with van der Waals surface area (Å²) in [6.45, 7) is 0. The van der Waals surface area contributed by atoms with Gasteiger partial charge in [-0.2, -0.15) is 18.3 Å². The van der Waals surface area contributed by atoms with Crippen LogP contribution in [0.15, 0.2) is 55.0 Å². The van der Waals surface area contributed by atoms with E-state index < -0.39 is 41.7 Å². The SMILES string of the molecule is O=C(CC1(C(F)(F)F)CC1)Nc1cc(-c2ccc3ncnn3c2)cc2c1C(c1cc(F)ccc1Cl)NC2=O. The monoisotopic (exact) mass is 543 g/mol. The van der Waals surface area contributed by atoms with Crippen LogP contribution in [-0.4, -0.2) is 32.6 Å². The van der Waals surface area contributed by atoms with Crippen molar-refractivity contribution in [2.45, 2.75) is 31.5 Å². The Hall–Kier alpha value is -3.99. The first-order valence-electron chi connectivity index (χ1n) is 11.6. The number of pyridine rings is 1. The molecule has 2 amide bonds. The minimum atomic E-state index is -4.50. The summed E-state index contributed by atoms with van der Waals surface area (Å²) in [5, 5.41) is 9.64. The van der Waals surface area contributed by atoms with Crippen LogP contribution in [0.25, 0.3) is 16.8 Å². The molecule has 12 heteroatoms. The molecule has 2 aliphatic rings. The van der Waals surface area contributed by atoms with E-state index in [4.69, 9.17) is 11.6 Å². The second-order valence-corrected chi connectivity index (χ2v) is 9.95. The van der Waals surface area contributed by atoms with Crippen molar-refractivity contribution in [1.82, 2.24) is 19.9 Å². The first-order chi connectivity index (χ1) is 18.0. The molecule has 1 unspecified atom stereocenters. The van der Waals surface area contributed by atoms with Crippen molar-refractivity contribution >= 4 is 34.7 Å². The number of amides is 2. The molecule has 0 radical (unpaired) electrons. The van der Waals surface area contributed by atoms with Gasteiger partial charge in [-0.1, -0.05) is 11.6 Å². The van der Waals surface area contributed by atoms with Gasteiger partial charge < -0.3 is 10.6 Å². The van der Waals surface area contributed by atoms with Crippen LogP contribution in [0.2, 0.25) is 5.02 Å². The van der Waals surface area contributed by atoms with Gasteiger partial charge >= 0.3 is 6.18 Å². The highest BCUT2D eigenvalue weighted by atomic mass is 35.5. The summed E-state index contributed by atoms with van der Waals surface area (Å²) in [6.07, 6.45) is -2.44. The van der Waals surface area contributed by atoms with Crippen LogP contribution >= 0.6 is 11.6 Å². The minimum absolute atomic E-state index is 0.123. The Balaban J connectivity index is 1.46. The van der Waals surface area contributed by atoms with Gasteiger partial charge in [0.2, 0.25) is 5.91 Å². The maximum atomic E-state index is 14.1. The van der Waals surface area contributed by atoms with Crippen molar-refractivity contribution in [3.63, 3.8) is 0 Å². The number of alkyl halides is 3. The predicted molar refractivity (Wildman–Crippen MR) is 130 cm³/mol. The molecule has 3 heterocycles. The second kappa shape index (κ2) is 8.52. The molecule has 6 rings (SSSR count). The highest BCUT2D eigenvalue weighted by Gasteiger charge is 2.63. The molecule has 4 aromatic rings. The van der Waals surface area contributed by atoms with Gasteiger partial charge in [0.15, 0.2) is 5.65 Å². The standard InChI is InChI=1S/C26H18ClF4N5O2/c27-18-3-2-15(28)9-16(18)23-22-17(24(38)35-23)7-14(13-1-4-20-32-12-33-36(20)11-13)8-19(22)34-21(37)10-25(5-6-25)26(29,30)31/h1-4,7-9,11-12,23H,5-6,10H2,(H,34,37)(H,35,38). The second-order valence-electron chi connectivity index (χ2n) is 9.54. The highest BCUT2D eigenvalue weighted by Crippen LogP contribution is 2.60. The van der Waals surface area contributed by atoms with Crippen molar-refractivity contribution in [1.29, 1.82) is 0 Å². The van der Waals surface area contributed by atoms with Gasteiger partial charge in [-0.25, -0.2) is 13.9 Å². The highest BCUT2D eigenvalue weighted by molar-refractivity contribution is 6.31. The average molecular weight is 544 g/mol. The molecule has 1 fully saturated rings. The zero-order valence-corrected chi connectivity index (χ0v) is 20.2. The van der Waals surface area contributed by atoms with E-state index >= 15 is 0 Å². The topological polar surface area (TPSA) is 88.4 Å². The number of benzene rings is 2. The summed E-state index contributed by atoms with van der Waals surface area (Å²) in [5.41, 5.74) is 0.517. The fraction of sp³-hybridized carbons (Fsp3) is 0.231. The lowest BCUT2D eigenvalue weighted by molar-refractivity contribution is -0.189. The van der Waals surface area contributed by atoms with Gasteiger partial charge in [-0.15, -0.1) is 0 Å². The van der Waals surface area contributed by atoms with E-state index in [9.17, 15) is 27.2 Å². The Morgan fingerprint density at radius 1 is 1.16 bits per heavy atom. The fourth-order valence-corrected chi connectivity index (χ4v) is 5.10. The molecule has 1 saturated carbocycles. The zero-order chi connectivity index (χ0) is 26.8. The van der Waals surface area contributed by atoms with Gasteiger partial charge in [0, 0.05) is 45.6 Å². The summed E-state index contributed by atoms with van der Waals surface area (Å²) >= 11 is 6.32. The first-order valence-corrected chi connectivity index (χ1v) is 12.0. The Kier molecular flexibility index (Phi) is 5.46. The smallest absolute Gasteiger partial charge is 0.341 e. The van der Waals surface area contributed by atoms with E-state index in [2.05, 4.69) is 20.7 Å². The maximum Gasteiger partial charge on any atom is 0.395 e. The van der Waals surface area contributed by atoms with Crippen LogP contribution in [0.4, 0.5) is 23.2 Å². The first kappa shape index (κ1) is 24.4. The third-order valence-corrected chi connectivity index (χ3v) is 7.44. The largest absolute Gasteiger partial charge is 0.395 e. The molecule has 2 aromatic carbocycles. The van der Waals surface area contributed by atoms with Crippen LogP contribution < -0.4 is 10.6 Å². The van der Waals surface area contributed by atoms with E-state index in [0.29, 0.717) is 22.3 Å². The van der Waals surface area contributed by atoms with E-state index in [1.54, 1.807) is 30.5 Å². The lowest BCUT2D eigenvalue weighted by Crippen LogP contribution is -2.30. The Labute approximate surface area is 217 Å². The van der Waals surface area contributed by atoms with Gasteiger partial charge in [-0.05, 0) is 60.9 Å². The van der Waals surface area contributed by atoms with Crippen LogP contribution in [0.1, 0.15) is 46.8 Å². The molecule has 38 heavy (non-hydrogen) atoms. The number of anilines is 1. The fourth-order valence-electron chi connectivity index (χ4n) is 4.87. The van der Waals surface area contributed by atoms with Crippen molar-refractivity contribution in [3.05, 3.63) is 82.5 Å². The van der Waals surface area contributed by atoms with E-state index in [-0.39, 0.29) is 34.7 Å². The van der Waals surface area contributed by atoms with E-state index in [1.807, 2.05) is 0 Å². The number of nitrogens with zero attached hydrogens (tertiary/aromatic N) is 3. The molecule has 1 atom stereocenters. The molecule has 2 N–H and O–H groups in total. The molecule has 0 bridgehead atoms. The quantitative estimate of drug-likeness (QED) is 0.316. The molecular formula is C26H18ClF4N5O2. The third-order valence-electron chi connectivity index (χ3n) is 7.09. The summed E-state index contributed by atoms with van der Waals surface area (Å²) < 4.78 is 56.2. The normalized spacial score (nSPS) is 17.8. The summed E-state index contributed by atoms with van der Waals surface area (Å²) in [7, 11) is 0. The van der Waals surface area contributed by atoms with Crippen LogP contribution in [0, 0.1) is 11.2 Å². The summed E-state index contributed by atoms with van der Waals surface area (Å²) in [4.78, 5) is 30.1. The molecule has 7 nitrogen and oxygen atoms in total. The number of rotatable bonds is 5. The Bertz CT molecular complexity index is 1630. The number of carbonyl (C=O) groups excluding carboxylic acids is 2. The van der Waals surface area contributed by atoms with Crippen LogP contribution in [-0.2, 0) is 4.79 Å². The minimum Gasteiger partial charge on any atom is -0.341 e. The molecule has 1 aliphatic carbocycles. The number of carbonyl (C=O) groups is 2. The Morgan fingerprint density at radius 2 is 1.95 bits per heavy atom. The number of hydrogen-bond acceptors (Lipinski definition) is 4. The summed E-state index contributed by atoms with van der Waals surface area (Å²) in [5.74, 6) is -1.93. The number of aromatic nitrogens is 3. The number of halogens is 5. The number of hydrogen-bond donors (Lipinski definition) is 2. The van der Waals surface area contributed by atoms with Crippen LogP contribution in [0.3, 0.4) is 0 Å². The molecule has 1 aliphatic heterocycles. The molecular weight excluding hydrogens is 526 g/mol. The van der Waals surface area contributed by atoms with Crippen LogP contribution in [0.5, 0.6) is 0 Å². The molecule has 0 saturated heterocycles. The van der Waals surface area contributed by atoms with Crippen molar-refractivity contribution in [2.24, 2.45) is 5.41 Å². The molecule has 0 spiro atoms.